The Morgan fingerprint density at radius 3 is 2.58 bits per heavy atom. The Labute approximate surface area is 144 Å². The standard InChI is InChI=1S/C20H30O4/c1-13-14(21)15(22)16-17(2,3)6-5-7-18(16,4)20(13)9-8-19(24-20)10-11-23-12-19/h10-11,13,15-16,22H,5-9,12H2,1-4H3. The van der Waals surface area contributed by atoms with Crippen molar-refractivity contribution in [2.75, 3.05) is 6.61 Å². The van der Waals surface area contributed by atoms with Crippen LogP contribution in [-0.2, 0) is 14.3 Å². The fourth-order valence-electron chi connectivity index (χ4n) is 6.68. The van der Waals surface area contributed by atoms with Crippen LogP contribution in [0.2, 0.25) is 0 Å². The highest BCUT2D eigenvalue weighted by Gasteiger charge is 2.71. The van der Waals surface area contributed by atoms with Crippen LogP contribution in [0, 0.1) is 22.7 Å². The smallest absolute Gasteiger partial charge is 0.167 e. The second kappa shape index (κ2) is 4.85. The molecule has 2 saturated carbocycles. The SMILES string of the molecule is CC1C(=O)C(O)C2C(C)(C)CCCC2(C)C12CCC1(C=COC1)O2. The van der Waals surface area contributed by atoms with Gasteiger partial charge in [-0.25, -0.2) is 0 Å². The van der Waals surface area contributed by atoms with Gasteiger partial charge in [0.05, 0.1) is 11.9 Å². The lowest BCUT2D eigenvalue weighted by atomic mass is 9.43. The summed E-state index contributed by atoms with van der Waals surface area (Å²) in [6.45, 7) is 9.19. The largest absolute Gasteiger partial charge is 0.498 e. The van der Waals surface area contributed by atoms with Gasteiger partial charge in [0.2, 0.25) is 0 Å². The highest BCUT2D eigenvalue weighted by Crippen LogP contribution is 2.67. The van der Waals surface area contributed by atoms with Crippen molar-refractivity contribution in [2.45, 2.75) is 77.1 Å². The first kappa shape index (κ1) is 16.6. The summed E-state index contributed by atoms with van der Waals surface area (Å²) in [6, 6.07) is 0. The molecule has 0 amide bonds. The number of hydrogen-bond donors (Lipinski definition) is 1. The quantitative estimate of drug-likeness (QED) is 0.739. The molecule has 0 bridgehead atoms. The van der Waals surface area contributed by atoms with Gasteiger partial charge < -0.3 is 14.6 Å². The summed E-state index contributed by atoms with van der Waals surface area (Å²) in [5.41, 5.74) is -1.13. The number of rotatable bonds is 0. The summed E-state index contributed by atoms with van der Waals surface area (Å²) in [5, 5.41) is 10.9. The third-order valence-electron chi connectivity index (χ3n) is 7.85. The van der Waals surface area contributed by atoms with Crippen LogP contribution in [-0.4, -0.2) is 34.8 Å². The molecular formula is C20H30O4. The van der Waals surface area contributed by atoms with Gasteiger partial charge in [-0.3, -0.25) is 4.79 Å². The minimum absolute atomic E-state index is 0.0348. The van der Waals surface area contributed by atoms with Gasteiger partial charge in [0.15, 0.2) is 5.78 Å². The van der Waals surface area contributed by atoms with E-state index in [4.69, 9.17) is 9.47 Å². The van der Waals surface area contributed by atoms with E-state index in [0.29, 0.717) is 6.61 Å². The van der Waals surface area contributed by atoms with Crippen LogP contribution in [0.5, 0.6) is 0 Å². The molecule has 1 saturated heterocycles. The third-order valence-corrected chi connectivity index (χ3v) is 7.85. The van der Waals surface area contributed by atoms with E-state index in [1.54, 1.807) is 6.26 Å². The van der Waals surface area contributed by atoms with Crippen LogP contribution in [0.3, 0.4) is 0 Å². The predicted octanol–water partition coefficient (Wildman–Crippen LogP) is 3.23. The molecule has 0 aromatic heterocycles. The van der Waals surface area contributed by atoms with Crippen molar-refractivity contribution in [3.05, 3.63) is 12.3 Å². The molecule has 6 atom stereocenters. The molecule has 0 radical (unpaired) electrons. The Bertz CT molecular complexity index is 596. The van der Waals surface area contributed by atoms with Crippen LogP contribution in [0.25, 0.3) is 0 Å². The Morgan fingerprint density at radius 2 is 1.92 bits per heavy atom. The summed E-state index contributed by atoms with van der Waals surface area (Å²) in [5.74, 6) is -0.368. The van der Waals surface area contributed by atoms with Crippen LogP contribution in [0.1, 0.15) is 59.8 Å². The zero-order valence-electron chi connectivity index (χ0n) is 15.3. The average Bonchev–Trinajstić information content (AvgIpc) is 3.12. The number of aliphatic hydroxyl groups excluding tert-OH is 1. The maximum absolute atomic E-state index is 13.0. The summed E-state index contributed by atoms with van der Waals surface area (Å²) >= 11 is 0. The highest BCUT2D eigenvalue weighted by molar-refractivity contribution is 5.88. The van der Waals surface area contributed by atoms with E-state index in [1.807, 2.05) is 13.0 Å². The summed E-state index contributed by atoms with van der Waals surface area (Å²) in [4.78, 5) is 13.0. The first-order valence-electron chi connectivity index (χ1n) is 9.39. The van der Waals surface area contributed by atoms with Gasteiger partial charge in [-0.1, -0.05) is 34.1 Å². The van der Waals surface area contributed by atoms with Gasteiger partial charge in [-0.2, -0.15) is 0 Å². The first-order valence-corrected chi connectivity index (χ1v) is 9.39. The van der Waals surface area contributed by atoms with Gasteiger partial charge in [0.25, 0.3) is 0 Å². The van der Waals surface area contributed by atoms with Crippen LogP contribution in [0.15, 0.2) is 12.3 Å². The molecule has 134 valence electrons. The van der Waals surface area contributed by atoms with E-state index < -0.39 is 11.7 Å². The Balaban J connectivity index is 1.83. The van der Waals surface area contributed by atoms with Crippen LogP contribution < -0.4 is 0 Å². The number of carbonyl (C=O) groups is 1. The zero-order chi connectivity index (χ0) is 17.4. The molecule has 1 N–H and O–H groups in total. The molecule has 3 fully saturated rings. The number of ketones is 1. The van der Waals surface area contributed by atoms with Crippen molar-refractivity contribution >= 4 is 5.78 Å². The first-order chi connectivity index (χ1) is 11.2. The topological polar surface area (TPSA) is 55.8 Å². The van der Waals surface area contributed by atoms with Crippen molar-refractivity contribution in [1.29, 1.82) is 0 Å². The Morgan fingerprint density at radius 1 is 1.17 bits per heavy atom. The zero-order valence-corrected chi connectivity index (χ0v) is 15.3. The van der Waals surface area contributed by atoms with Gasteiger partial charge in [-0.05, 0) is 37.2 Å². The van der Waals surface area contributed by atoms with Crippen molar-refractivity contribution < 1.29 is 19.4 Å². The van der Waals surface area contributed by atoms with Crippen molar-refractivity contribution in [3.8, 4) is 0 Å². The van der Waals surface area contributed by atoms with E-state index in [2.05, 4.69) is 20.8 Å². The van der Waals surface area contributed by atoms with Crippen molar-refractivity contribution in [2.24, 2.45) is 22.7 Å². The predicted molar refractivity (Wildman–Crippen MR) is 90.3 cm³/mol. The number of hydrogen-bond acceptors (Lipinski definition) is 4. The third kappa shape index (κ3) is 1.84. The number of ether oxygens (including phenoxy) is 2. The second-order valence-corrected chi connectivity index (χ2v) is 9.48. The number of carbonyl (C=O) groups excluding carboxylic acids is 1. The van der Waals surface area contributed by atoms with Gasteiger partial charge in [-0.15, -0.1) is 0 Å². The molecule has 2 aliphatic heterocycles. The average molecular weight is 334 g/mol. The van der Waals surface area contributed by atoms with Crippen LogP contribution in [0.4, 0.5) is 0 Å². The molecule has 4 nitrogen and oxygen atoms in total. The number of Topliss-reactive ketones (excluding diaryl/α,β-unsaturated/α-hetero) is 1. The lowest BCUT2D eigenvalue weighted by Gasteiger charge is -2.64. The molecule has 4 rings (SSSR count). The summed E-state index contributed by atoms with van der Waals surface area (Å²) in [7, 11) is 0. The molecule has 2 spiro atoms. The lowest BCUT2D eigenvalue weighted by molar-refractivity contribution is -0.253. The van der Waals surface area contributed by atoms with E-state index in [1.165, 1.54) is 0 Å². The number of aliphatic hydroxyl groups is 1. The molecule has 4 heteroatoms. The van der Waals surface area contributed by atoms with Gasteiger partial charge in [0, 0.05) is 17.3 Å². The molecule has 6 unspecified atom stereocenters. The molecule has 2 aliphatic carbocycles. The van der Waals surface area contributed by atoms with Crippen molar-refractivity contribution in [3.63, 3.8) is 0 Å². The second-order valence-electron chi connectivity index (χ2n) is 9.48. The van der Waals surface area contributed by atoms with E-state index in [-0.39, 0.29) is 34.1 Å². The molecule has 4 aliphatic rings. The molecule has 24 heavy (non-hydrogen) atoms. The number of fused-ring (bicyclic) bond motifs is 2. The lowest BCUT2D eigenvalue weighted by Crippen LogP contribution is -2.70. The van der Waals surface area contributed by atoms with E-state index in [9.17, 15) is 9.90 Å². The fraction of sp³-hybridized carbons (Fsp3) is 0.850. The Hall–Kier alpha value is -0.870. The van der Waals surface area contributed by atoms with E-state index >= 15 is 0 Å². The summed E-state index contributed by atoms with van der Waals surface area (Å²) in [6.07, 6.45) is 7.82. The monoisotopic (exact) mass is 334 g/mol. The fourth-order valence-corrected chi connectivity index (χ4v) is 6.68. The molecular weight excluding hydrogens is 304 g/mol. The van der Waals surface area contributed by atoms with E-state index in [0.717, 1.165) is 32.1 Å². The molecule has 0 aromatic carbocycles. The molecule has 0 aromatic rings. The molecule has 2 heterocycles. The highest BCUT2D eigenvalue weighted by atomic mass is 16.6. The van der Waals surface area contributed by atoms with Gasteiger partial charge >= 0.3 is 0 Å². The maximum atomic E-state index is 13.0. The van der Waals surface area contributed by atoms with Gasteiger partial charge in [0.1, 0.15) is 18.3 Å². The van der Waals surface area contributed by atoms with Crippen molar-refractivity contribution in [1.82, 2.24) is 0 Å². The van der Waals surface area contributed by atoms with Crippen LogP contribution >= 0.6 is 0 Å². The minimum Gasteiger partial charge on any atom is -0.498 e. The summed E-state index contributed by atoms with van der Waals surface area (Å²) < 4.78 is 12.3. The normalized spacial score (nSPS) is 52.7. The maximum Gasteiger partial charge on any atom is 0.167 e. The Kier molecular flexibility index (Phi) is 3.35. The minimum atomic E-state index is -0.874.